The highest BCUT2D eigenvalue weighted by molar-refractivity contribution is 9.10. The van der Waals surface area contributed by atoms with Crippen molar-refractivity contribution in [3.05, 3.63) is 34.1 Å². The molecule has 0 atom stereocenters. The Morgan fingerprint density at radius 2 is 2.00 bits per heavy atom. The van der Waals surface area contributed by atoms with Crippen LogP contribution in [-0.2, 0) is 11.3 Å². The van der Waals surface area contributed by atoms with Crippen molar-refractivity contribution in [2.75, 3.05) is 33.4 Å². The SMILES string of the molecule is COCCNCCCNCc1ccc(Br)cc1F. The van der Waals surface area contributed by atoms with Crippen molar-refractivity contribution < 1.29 is 9.13 Å². The Morgan fingerprint density at radius 1 is 1.22 bits per heavy atom. The van der Waals surface area contributed by atoms with E-state index in [0.717, 1.165) is 37.1 Å². The summed E-state index contributed by atoms with van der Waals surface area (Å²) in [6.07, 6.45) is 1.02. The molecule has 18 heavy (non-hydrogen) atoms. The number of halogens is 2. The van der Waals surface area contributed by atoms with Crippen molar-refractivity contribution >= 4 is 15.9 Å². The Labute approximate surface area is 116 Å². The summed E-state index contributed by atoms with van der Waals surface area (Å²) < 4.78 is 19.2. The van der Waals surface area contributed by atoms with E-state index in [9.17, 15) is 4.39 Å². The summed E-state index contributed by atoms with van der Waals surface area (Å²) in [5.74, 6) is -0.171. The van der Waals surface area contributed by atoms with Crippen LogP contribution in [0.2, 0.25) is 0 Å². The van der Waals surface area contributed by atoms with Gasteiger partial charge in [0.05, 0.1) is 6.61 Å². The molecular formula is C13H20BrFN2O. The molecule has 0 heterocycles. The predicted octanol–water partition coefficient (Wildman–Crippen LogP) is 2.30. The predicted molar refractivity (Wildman–Crippen MR) is 75.2 cm³/mol. The van der Waals surface area contributed by atoms with E-state index in [4.69, 9.17) is 4.74 Å². The van der Waals surface area contributed by atoms with Gasteiger partial charge in [-0.05, 0) is 31.6 Å². The third kappa shape index (κ3) is 6.44. The van der Waals surface area contributed by atoms with Crippen molar-refractivity contribution in [3.8, 4) is 0 Å². The second-order valence-electron chi connectivity index (χ2n) is 4.01. The molecule has 0 unspecified atom stereocenters. The van der Waals surface area contributed by atoms with Gasteiger partial charge >= 0.3 is 0 Å². The van der Waals surface area contributed by atoms with Crippen LogP contribution in [0, 0.1) is 5.82 Å². The molecule has 0 radical (unpaired) electrons. The van der Waals surface area contributed by atoms with Gasteiger partial charge < -0.3 is 15.4 Å². The topological polar surface area (TPSA) is 33.3 Å². The molecule has 5 heteroatoms. The van der Waals surface area contributed by atoms with Gasteiger partial charge in [0.1, 0.15) is 5.82 Å². The van der Waals surface area contributed by atoms with Crippen molar-refractivity contribution in [2.24, 2.45) is 0 Å². The summed E-state index contributed by atoms with van der Waals surface area (Å²) in [6.45, 7) is 3.99. The van der Waals surface area contributed by atoms with Crippen LogP contribution in [0.4, 0.5) is 4.39 Å². The molecule has 1 aromatic rings. The van der Waals surface area contributed by atoms with Crippen molar-refractivity contribution in [2.45, 2.75) is 13.0 Å². The molecule has 0 spiro atoms. The standard InChI is InChI=1S/C13H20BrFN2O/c1-18-8-7-16-5-2-6-17-10-11-3-4-12(14)9-13(11)15/h3-4,9,16-17H,2,5-8,10H2,1H3. The lowest BCUT2D eigenvalue weighted by atomic mass is 10.2. The Hall–Kier alpha value is -0.490. The highest BCUT2D eigenvalue weighted by atomic mass is 79.9. The normalized spacial score (nSPS) is 10.8. The number of hydrogen-bond donors (Lipinski definition) is 2. The first-order valence-corrected chi connectivity index (χ1v) is 6.87. The molecule has 0 fully saturated rings. The lowest BCUT2D eigenvalue weighted by molar-refractivity contribution is 0.199. The van der Waals surface area contributed by atoms with E-state index >= 15 is 0 Å². The highest BCUT2D eigenvalue weighted by Gasteiger charge is 2.01. The lowest BCUT2D eigenvalue weighted by Gasteiger charge is -2.07. The van der Waals surface area contributed by atoms with Gasteiger partial charge in [-0.1, -0.05) is 22.0 Å². The van der Waals surface area contributed by atoms with Gasteiger partial charge in [0.25, 0.3) is 0 Å². The largest absolute Gasteiger partial charge is 0.383 e. The van der Waals surface area contributed by atoms with Crippen LogP contribution >= 0.6 is 15.9 Å². The quantitative estimate of drug-likeness (QED) is 0.685. The zero-order chi connectivity index (χ0) is 13.2. The zero-order valence-electron chi connectivity index (χ0n) is 10.6. The summed E-state index contributed by atoms with van der Waals surface area (Å²) in [4.78, 5) is 0. The first kappa shape index (κ1) is 15.6. The molecule has 102 valence electrons. The number of nitrogens with one attached hydrogen (secondary N) is 2. The van der Waals surface area contributed by atoms with E-state index < -0.39 is 0 Å². The van der Waals surface area contributed by atoms with E-state index in [2.05, 4.69) is 26.6 Å². The first-order chi connectivity index (χ1) is 8.74. The fraction of sp³-hybridized carbons (Fsp3) is 0.538. The zero-order valence-corrected chi connectivity index (χ0v) is 12.2. The van der Waals surface area contributed by atoms with Crippen LogP contribution in [0.15, 0.2) is 22.7 Å². The van der Waals surface area contributed by atoms with Crippen LogP contribution in [0.3, 0.4) is 0 Å². The van der Waals surface area contributed by atoms with E-state index in [-0.39, 0.29) is 5.82 Å². The van der Waals surface area contributed by atoms with Crippen LogP contribution in [0.1, 0.15) is 12.0 Å². The summed E-state index contributed by atoms with van der Waals surface area (Å²) in [6, 6.07) is 5.14. The van der Waals surface area contributed by atoms with E-state index in [1.54, 1.807) is 13.2 Å². The molecule has 3 nitrogen and oxygen atoms in total. The molecule has 0 bridgehead atoms. The number of rotatable bonds is 9. The van der Waals surface area contributed by atoms with Crippen molar-refractivity contribution in [1.82, 2.24) is 10.6 Å². The van der Waals surface area contributed by atoms with Gasteiger partial charge in [0.15, 0.2) is 0 Å². The molecule has 0 aliphatic rings. The summed E-state index contributed by atoms with van der Waals surface area (Å²) in [7, 11) is 1.69. The van der Waals surface area contributed by atoms with Gasteiger partial charge in [-0.25, -0.2) is 4.39 Å². The minimum Gasteiger partial charge on any atom is -0.383 e. The second-order valence-corrected chi connectivity index (χ2v) is 4.92. The van der Waals surface area contributed by atoms with Crippen LogP contribution in [0.5, 0.6) is 0 Å². The smallest absolute Gasteiger partial charge is 0.128 e. The Balaban J connectivity index is 2.07. The highest BCUT2D eigenvalue weighted by Crippen LogP contribution is 2.14. The molecule has 0 amide bonds. The summed E-state index contributed by atoms with van der Waals surface area (Å²) >= 11 is 3.24. The maximum Gasteiger partial charge on any atom is 0.128 e. The van der Waals surface area contributed by atoms with Crippen molar-refractivity contribution in [1.29, 1.82) is 0 Å². The average Bonchev–Trinajstić information content (AvgIpc) is 2.35. The molecule has 2 N–H and O–H groups in total. The maximum atomic E-state index is 13.5. The molecule has 0 saturated carbocycles. The molecule has 0 aromatic heterocycles. The number of methoxy groups -OCH3 is 1. The molecule has 1 aromatic carbocycles. The maximum absolute atomic E-state index is 13.5. The second kappa shape index (κ2) is 9.44. The van der Waals surface area contributed by atoms with Crippen LogP contribution in [-0.4, -0.2) is 33.4 Å². The van der Waals surface area contributed by atoms with Gasteiger partial charge in [0.2, 0.25) is 0 Å². The van der Waals surface area contributed by atoms with Gasteiger partial charge in [0, 0.05) is 30.2 Å². The first-order valence-electron chi connectivity index (χ1n) is 6.08. The number of benzene rings is 1. The van der Waals surface area contributed by atoms with Crippen LogP contribution in [0.25, 0.3) is 0 Å². The fourth-order valence-electron chi connectivity index (χ4n) is 1.53. The summed E-state index contributed by atoms with van der Waals surface area (Å²) in [5.41, 5.74) is 0.700. The summed E-state index contributed by atoms with van der Waals surface area (Å²) in [5, 5.41) is 6.48. The van der Waals surface area contributed by atoms with Crippen LogP contribution < -0.4 is 10.6 Å². The average molecular weight is 319 g/mol. The monoisotopic (exact) mass is 318 g/mol. The number of hydrogen-bond acceptors (Lipinski definition) is 3. The molecule has 0 saturated heterocycles. The molecule has 1 rings (SSSR count). The molecule has 0 aliphatic heterocycles. The number of ether oxygens (including phenoxy) is 1. The third-order valence-corrected chi connectivity index (χ3v) is 3.01. The van der Waals surface area contributed by atoms with E-state index in [1.807, 2.05) is 6.07 Å². The Bertz CT molecular complexity index is 350. The molecule has 0 aliphatic carbocycles. The minimum atomic E-state index is -0.171. The molecular weight excluding hydrogens is 299 g/mol. The lowest BCUT2D eigenvalue weighted by Crippen LogP contribution is -2.24. The van der Waals surface area contributed by atoms with Gasteiger partial charge in [-0.15, -0.1) is 0 Å². The fourth-order valence-corrected chi connectivity index (χ4v) is 1.86. The third-order valence-electron chi connectivity index (χ3n) is 2.52. The van der Waals surface area contributed by atoms with Gasteiger partial charge in [-0.3, -0.25) is 0 Å². The van der Waals surface area contributed by atoms with Crippen molar-refractivity contribution in [3.63, 3.8) is 0 Å². The minimum absolute atomic E-state index is 0.171. The Morgan fingerprint density at radius 3 is 2.72 bits per heavy atom. The van der Waals surface area contributed by atoms with E-state index in [1.165, 1.54) is 6.07 Å². The van der Waals surface area contributed by atoms with E-state index in [0.29, 0.717) is 12.1 Å². The van der Waals surface area contributed by atoms with Gasteiger partial charge in [-0.2, -0.15) is 0 Å². The Kier molecular flexibility index (Phi) is 8.17.